The third-order valence-corrected chi connectivity index (χ3v) is 5.73. The number of likely N-dealkylation sites (tertiary alicyclic amines) is 1. The molecule has 0 aliphatic carbocycles. The number of aliphatic carboxylic acids is 1. The number of benzene rings is 1. The van der Waals surface area contributed by atoms with Crippen LogP contribution >= 0.6 is 0 Å². The second kappa shape index (κ2) is 7.37. The van der Waals surface area contributed by atoms with E-state index < -0.39 is 21.4 Å². The van der Waals surface area contributed by atoms with E-state index in [4.69, 9.17) is 0 Å². The van der Waals surface area contributed by atoms with Gasteiger partial charge in [0.2, 0.25) is 10.0 Å². The van der Waals surface area contributed by atoms with Crippen LogP contribution < -0.4 is 4.72 Å². The van der Waals surface area contributed by atoms with Gasteiger partial charge in [-0.2, -0.15) is 0 Å². The monoisotopic (exact) mass is 366 g/mol. The van der Waals surface area contributed by atoms with Crippen molar-refractivity contribution in [1.82, 2.24) is 9.62 Å². The van der Waals surface area contributed by atoms with Crippen molar-refractivity contribution >= 4 is 21.9 Å². The summed E-state index contributed by atoms with van der Waals surface area (Å²) in [4.78, 5) is 25.6. The minimum atomic E-state index is -3.73. The van der Waals surface area contributed by atoms with Crippen molar-refractivity contribution in [3.8, 4) is 0 Å². The highest BCUT2D eigenvalue weighted by atomic mass is 32.2. The van der Waals surface area contributed by atoms with Crippen LogP contribution in [0, 0.1) is 5.41 Å². The molecule has 0 spiro atoms. The number of rotatable bonds is 6. The molecular formula is C17H22N2O5S. The topological polar surface area (TPSA) is 104 Å². The van der Waals surface area contributed by atoms with Gasteiger partial charge in [0, 0.05) is 25.2 Å². The molecule has 136 valence electrons. The van der Waals surface area contributed by atoms with Gasteiger partial charge in [-0.25, -0.2) is 13.1 Å². The zero-order valence-corrected chi connectivity index (χ0v) is 14.9. The minimum absolute atomic E-state index is 0.0156. The van der Waals surface area contributed by atoms with Crippen LogP contribution in [0.3, 0.4) is 0 Å². The highest BCUT2D eigenvalue weighted by Gasteiger charge is 2.39. The molecule has 2 N–H and O–H groups in total. The third-order valence-electron chi connectivity index (χ3n) is 4.31. The number of nitrogens with zero attached hydrogens (tertiary/aromatic N) is 1. The van der Waals surface area contributed by atoms with Crippen LogP contribution in [0.2, 0.25) is 0 Å². The van der Waals surface area contributed by atoms with E-state index in [1.54, 1.807) is 6.92 Å². The molecule has 8 heteroatoms. The van der Waals surface area contributed by atoms with Crippen LogP contribution in [-0.4, -0.2) is 49.9 Å². The predicted octanol–water partition coefficient (Wildman–Crippen LogP) is 1.48. The van der Waals surface area contributed by atoms with Crippen molar-refractivity contribution in [2.24, 2.45) is 5.41 Å². The van der Waals surface area contributed by atoms with Crippen molar-refractivity contribution in [1.29, 1.82) is 0 Å². The van der Waals surface area contributed by atoms with E-state index in [-0.39, 0.29) is 29.5 Å². The van der Waals surface area contributed by atoms with Gasteiger partial charge in [0.25, 0.3) is 5.91 Å². The summed E-state index contributed by atoms with van der Waals surface area (Å²) in [5, 5.41) is 9.37. The lowest BCUT2D eigenvalue weighted by Gasteiger charge is -2.37. The Hall–Kier alpha value is -2.19. The fourth-order valence-electron chi connectivity index (χ4n) is 2.82. The number of carbonyl (C=O) groups excluding carboxylic acids is 1. The van der Waals surface area contributed by atoms with Crippen LogP contribution in [-0.2, 0) is 14.8 Å². The van der Waals surface area contributed by atoms with Crippen molar-refractivity contribution in [2.45, 2.75) is 24.7 Å². The Morgan fingerprint density at radius 1 is 1.44 bits per heavy atom. The zero-order chi connectivity index (χ0) is 18.7. The van der Waals surface area contributed by atoms with Gasteiger partial charge in [-0.15, -0.1) is 6.58 Å². The maximum atomic E-state index is 12.7. The lowest BCUT2D eigenvalue weighted by atomic mass is 9.82. The Bertz CT molecular complexity index is 790. The highest BCUT2D eigenvalue weighted by Crippen LogP contribution is 2.30. The molecule has 0 aromatic heterocycles. The van der Waals surface area contributed by atoms with Crippen LogP contribution in [0.15, 0.2) is 41.8 Å². The SMILES string of the molecule is C=CCNS(=O)(=O)c1cccc(C(=O)N2CCCC(C)(C(=O)O)C2)c1. The largest absolute Gasteiger partial charge is 0.481 e. The van der Waals surface area contributed by atoms with Gasteiger partial charge in [-0.3, -0.25) is 9.59 Å². The Labute approximate surface area is 147 Å². The molecule has 7 nitrogen and oxygen atoms in total. The maximum Gasteiger partial charge on any atom is 0.311 e. The van der Waals surface area contributed by atoms with E-state index in [0.29, 0.717) is 19.4 Å². The Balaban J connectivity index is 2.24. The average molecular weight is 366 g/mol. The molecule has 0 radical (unpaired) electrons. The zero-order valence-electron chi connectivity index (χ0n) is 14.1. The molecule has 0 bridgehead atoms. The quantitative estimate of drug-likeness (QED) is 0.742. The van der Waals surface area contributed by atoms with Crippen LogP contribution in [0.25, 0.3) is 0 Å². The molecule has 1 atom stereocenters. The molecule has 1 aliphatic rings. The Morgan fingerprint density at radius 2 is 2.16 bits per heavy atom. The molecule has 1 aromatic carbocycles. The summed E-state index contributed by atoms with van der Waals surface area (Å²) in [5.74, 6) is -1.30. The first-order valence-electron chi connectivity index (χ1n) is 7.93. The second-order valence-electron chi connectivity index (χ2n) is 6.36. The van der Waals surface area contributed by atoms with E-state index >= 15 is 0 Å². The average Bonchev–Trinajstić information content (AvgIpc) is 2.59. The maximum absolute atomic E-state index is 12.7. The van der Waals surface area contributed by atoms with E-state index in [2.05, 4.69) is 11.3 Å². The van der Waals surface area contributed by atoms with Crippen molar-refractivity contribution in [3.63, 3.8) is 0 Å². The number of carbonyl (C=O) groups is 2. The smallest absolute Gasteiger partial charge is 0.311 e. The number of nitrogens with one attached hydrogen (secondary N) is 1. The predicted molar refractivity (Wildman–Crippen MR) is 92.7 cm³/mol. The molecule has 1 heterocycles. The van der Waals surface area contributed by atoms with Gasteiger partial charge < -0.3 is 10.0 Å². The number of hydrogen-bond acceptors (Lipinski definition) is 4. The summed E-state index contributed by atoms with van der Waals surface area (Å²) in [7, 11) is -3.73. The van der Waals surface area contributed by atoms with Gasteiger partial charge in [0.15, 0.2) is 0 Å². The summed E-state index contributed by atoms with van der Waals surface area (Å²) < 4.78 is 26.7. The number of carboxylic acids is 1. The molecule has 25 heavy (non-hydrogen) atoms. The minimum Gasteiger partial charge on any atom is -0.481 e. The van der Waals surface area contributed by atoms with E-state index in [0.717, 1.165) is 0 Å². The molecule has 0 saturated carbocycles. The summed E-state index contributed by atoms with van der Waals surface area (Å²) in [6.07, 6.45) is 2.52. The van der Waals surface area contributed by atoms with Gasteiger partial charge in [-0.05, 0) is 38.0 Å². The lowest BCUT2D eigenvalue weighted by molar-refractivity contribution is -0.150. The summed E-state index contributed by atoms with van der Waals surface area (Å²) in [6.45, 7) is 5.72. The van der Waals surface area contributed by atoms with Gasteiger partial charge >= 0.3 is 5.97 Å². The molecule has 1 aliphatic heterocycles. The summed E-state index contributed by atoms with van der Waals surface area (Å²) in [5.41, 5.74) is -0.764. The fourth-order valence-corrected chi connectivity index (χ4v) is 3.86. The van der Waals surface area contributed by atoms with Gasteiger partial charge in [0.1, 0.15) is 0 Å². The van der Waals surface area contributed by atoms with Gasteiger partial charge in [-0.1, -0.05) is 12.1 Å². The van der Waals surface area contributed by atoms with Crippen LogP contribution in [0.5, 0.6) is 0 Å². The van der Waals surface area contributed by atoms with Crippen molar-refractivity contribution in [3.05, 3.63) is 42.5 Å². The first-order chi connectivity index (χ1) is 11.7. The second-order valence-corrected chi connectivity index (χ2v) is 8.13. The first-order valence-corrected chi connectivity index (χ1v) is 9.41. The number of hydrogen-bond donors (Lipinski definition) is 2. The number of carboxylic acid groups (broad SMARTS) is 1. The van der Waals surface area contributed by atoms with Gasteiger partial charge in [0.05, 0.1) is 10.3 Å². The highest BCUT2D eigenvalue weighted by molar-refractivity contribution is 7.89. The van der Waals surface area contributed by atoms with Crippen LogP contribution in [0.4, 0.5) is 0 Å². The third kappa shape index (κ3) is 4.26. The Morgan fingerprint density at radius 3 is 2.80 bits per heavy atom. The Kier molecular flexibility index (Phi) is 5.64. The lowest BCUT2D eigenvalue weighted by Crippen LogP contribution is -2.48. The molecular weight excluding hydrogens is 344 g/mol. The fraction of sp³-hybridized carbons (Fsp3) is 0.412. The molecule has 1 saturated heterocycles. The molecule has 2 rings (SSSR count). The molecule has 1 fully saturated rings. The number of piperidine rings is 1. The van der Waals surface area contributed by atoms with Crippen molar-refractivity contribution in [2.75, 3.05) is 19.6 Å². The first kappa shape index (κ1) is 19.1. The molecule has 1 amide bonds. The summed E-state index contributed by atoms with van der Waals surface area (Å²) >= 11 is 0. The standard InChI is InChI=1S/C17H22N2O5S/c1-3-9-18-25(23,24)14-7-4-6-13(11-14)15(20)19-10-5-8-17(2,12-19)16(21)22/h3-4,6-7,11,18H,1,5,8-10,12H2,2H3,(H,21,22). The van der Waals surface area contributed by atoms with E-state index in [1.165, 1.54) is 35.2 Å². The van der Waals surface area contributed by atoms with Crippen molar-refractivity contribution < 1.29 is 23.1 Å². The van der Waals surface area contributed by atoms with E-state index in [1.807, 2.05) is 0 Å². The number of sulfonamides is 1. The number of amides is 1. The summed E-state index contributed by atoms with van der Waals surface area (Å²) in [6, 6.07) is 5.73. The van der Waals surface area contributed by atoms with E-state index in [9.17, 15) is 23.1 Å². The van der Waals surface area contributed by atoms with Crippen LogP contribution in [0.1, 0.15) is 30.1 Å². The normalized spacial score (nSPS) is 20.9. The molecule has 1 unspecified atom stereocenters. The molecule has 1 aromatic rings.